The predicted molar refractivity (Wildman–Crippen MR) is 247 cm³/mol. The van der Waals surface area contributed by atoms with Crippen LogP contribution in [0.2, 0.25) is 0 Å². The first-order valence-corrected chi connectivity index (χ1v) is 26.5. The summed E-state index contributed by atoms with van der Waals surface area (Å²) < 4.78 is 88.7. The number of carbonyl (C=O) groups is 6. The van der Waals surface area contributed by atoms with Crippen molar-refractivity contribution in [3.05, 3.63) is 0 Å². The molecule has 2 spiro atoms. The molecular weight excluding hydrogens is 957 g/mol. The smallest absolute Gasteiger partial charge is 0.303 e. The van der Waals surface area contributed by atoms with Crippen molar-refractivity contribution in [1.29, 1.82) is 0 Å². The van der Waals surface area contributed by atoms with Gasteiger partial charge in [0.05, 0.1) is 42.4 Å². The van der Waals surface area contributed by atoms with Crippen LogP contribution in [0.15, 0.2) is 0 Å². The first-order valence-electron chi connectivity index (χ1n) is 26.5. The molecule has 0 aromatic carbocycles. The van der Waals surface area contributed by atoms with Gasteiger partial charge in [-0.2, -0.15) is 0 Å². The predicted octanol–water partition coefficient (Wildman–Crippen LogP) is 4.86. The van der Waals surface area contributed by atoms with Crippen LogP contribution >= 0.6 is 0 Å². The van der Waals surface area contributed by atoms with E-state index in [1.807, 2.05) is 0 Å². The average molecular weight is 1030 g/mol. The fourth-order valence-corrected chi connectivity index (χ4v) is 16.9. The number of ether oxygens (including phenoxy) is 14. The molecule has 0 aromatic rings. The van der Waals surface area contributed by atoms with Gasteiger partial charge < -0.3 is 66.3 Å². The Labute approximate surface area is 426 Å². The van der Waals surface area contributed by atoms with Gasteiger partial charge >= 0.3 is 35.8 Å². The highest BCUT2D eigenvalue weighted by molar-refractivity contribution is 5.69. The number of rotatable bonds is 13. The van der Waals surface area contributed by atoms with E-state index in [-0.39, 0.29) is 68.2 Å². The highest BCUT2D eigenvalue weighted by Crippen LogP contribution is 2.73. The maximum Gasteiger partial charge on any atom is 0.303 e. The Bertz CT molecular complexity index is 2170. The fourth-order valence-electron chi connectivity index (χ4n) is 16.9. The second-order valence-electron chi connectivity index (χ2n) is 23.7. The molecule has 0 aromatic heterocycles. The number of hydrogen-bond acceptors (Lipinski definition) is 20. The quantitative estimate of drug-likeness (QED) is 0.136. The summed E-state index contributed by atoms with van der Waals surface area (Å²) in [6.45, 7) is 17.1. The Morgan fingerprint density at radius 2 is 0.945 bits per heavy atom. The van der Waals surface area contributed by atoms with E-state index in [1.165, 1.54) is 41.5 Å². The van der Waals surface area contributed by atoms with Crippen LogP contribution in [0, 0.1) is 57.2 Å². The van der Waals surface area contributed by atoms with E-state index in [0.29, 0.717) is 57.8 Å². The molecule has 6 heterocycles. The third-order valence-corrected chi connectivity index (χ3v) is 20.3. The number of esters is 6. The summed E-state index contributed by atoms with van der Waals surface area (Å²) in [6, 6.07) is 0. The van der Waals surface area contributed by atoms with E-state index < -0.39 is 130 Å². The van der Waals surface area contributed by atoms with Crippen LogP contribution in [-0.4, -0.2) is 148 Å². The van der Waals surface area contributed by atoms with Crippen molar-refractivity contribution in [1.82, 2.24) is 0 Å². The largest absolute Gasteiger partial charge is 0.465 e. The summed E-state index contributed by atoms with van der Waals surface area (Å²) in [5.74, 6) is -3.61. The summed E-state index contributed by atoms with van der Waals surface area (Å²) in [7, 11) is 1.62. The molecule has 0 bridgehead atoms. The monoisotopic (exact) mass is 1030 g/mol. The van der Waals surface area contributed by atoms with Gasteiger partial charge in [0.1, 0.15) is 48.8 Å². The van der Waals surface area contributed by atoms with Crippen LogP contribution in [0.25, 0.3) is 0 Å². The number of hydrogen-bond donors (Lipinski definition) is 0. The van der Waals surface area contributed by atoms with Crippen molar-refractivity contribution in [2.24, 2.45) is 57.2 Å². The molecule has 408 valence electrons. The molecule has 73 heavy (non-hydrogen) atoms. The lowest BCUT2D eigenvalue weighted by molar-refractivity contribution is -0.311. The van der Waals surface area contributed by atoms with E-state index in [1.54, 1.807) is 7.11 Å². The Morgan fingerprint density at radius 1 is 0.507 bits per heavy atom. The summed E-state index contributed by atoms with van der Waals surface area (Å²) in [4.78, 5) is 75.9. The number of methoxy groups -OCH3 is 1. The van der Waals surface area contributed by atoms with E-state index in [0.717, 1.165) is 0 Å². The topological polar surface area (TPSA) is 238 Å². The van der Waals surface area contributed by atoms with E-state index in [4.69, 9.17) is 66.3 Å². The van der Waals surface area contributed by atoms with Crippen LogP contribution in [0.5, 0.6) is 0 Å². The molecule has 4 saturated carbocycles. The molecule has 10 aliphatic rings. The fraction of sp³-hybridized carbons (Fsp3) is 0.887. The molecule has 6 aliphatic heterocycles. The van der Waals surface area contributed by atoms with E-state index in [9.17, 15) is 28.8 Å². The van der Waals surface area contributed by atoms with Gasteiger partial charge in [0.15, 0.2) is 25.2 Å². The van der Waals surface area contributed by atoms with Crippen molar-refractivity contribution in [2.75, 3.05) is 33.5 Å². The summed E-state index contributed by atoms with van der Waals surface area (Å²) in [6.07, 6.45) is -1.53. The van der Waals surface area contributed by atoms with Gasteiger partial charge in [-0.25, -0.2) is 0 Å². The highest BCUT2D eigenvalue weighted by atomic mass is 16.8. The molecule has 23 atom stereocenters. The third-order valence-electron chi connectivity index (χ3n) is 20.3. The molecule has 20 nitrogen and oxygen atoms in total. The standard InChI is InChI=1S/C53H76O20/c1-25-14-40(66-30(6)57)50(21-61-27(3)54)36(12-13-37(65-29(5)56)52(50)23-63-52)48(25,9)38-16-33-18-43(72-46(33)69-38)71-44-19-34-17-39(70-47(34)73-44)49(10)26(2)15-41(67-31(7)58)51(22-62-28(4)55)45(49)35(60-11)20-42(68-32(8)59)53(51)24-64-53/h25-26,33-47H,12-24H2,1-11H3/t25-,26-,33-,34+,35+,36+,37+,38+,39-,40+,41+,42+,43-,44+,45+,46+,47-,48+,49-,50+,51-,52-,53-/m1/s1. The van der Waals surface area contributed by atoms with Gasteiger partial charge in [0, 0.05) is 96.5 Å². The maximum absolute atomic E-state index is 12.9. The van der Waals surface area contributed by atoms with Gasteiger partial charge in [-0.05, 0) is 56.3 Å². The van der Waals surface area contributed by atoms with Crippen LogP contribution in [0.4, 0.5) is 0 Å². The van der Waals surface area contributed by atoms with Gasteiger partial charge in [0.25, 0.3) is 0 Å². The van der Waals surface area contributed by atoms with Crippen molar-refractivity contribution in [3.8, 4) is 0 Å². The molecule has 10 fully saturated rings. The third kappa shape index (κ3) is 8.26. The summed E-state index contributed by atoms with van der Waals surface area (Å²) >= 11 is 0. The first-order chi connectivity index (χ1) is 34.5. The first kappa shape index (κ1) is 52.9. The molecular formula is C53H76O20. The van der Waals surface area contributed by atoms with Crippen LogP contribution in [0.3, 0.4) is 0 Å². The van der Waals surface area contributed by atoms with Crippen LogP contribution in [-0.2, 0) is 95.1 Å². The SMILES string of the molecule is CO[C@H]1C[C@H](OC(C)=O)[C@]2(CO2)[C@]2(COC(C)=O)[C@@H](OC(C)=O)C[C@@H](C)[C@](C)([C@H]3C[C@H]4C[C@@H](O[C@H]5C[C@H]6C[C@@H]([C@@]7(C)[C@H](C)C[C@H](OC(C)=O)[C@]8(COC(C)=O)[C@H]7CC[C@H](OC(C)=O)[C@]87CO7)O[C@H]6O5)O[C@H]4O3)[C@H]12. The minimum atomic E-state index is -1.17. The van der Waals surface area contributed by atoms with Gasteiger partial charge in [-0.1, -0.05) is 27.7 Å². The average Bonchev–Trinajstić information content (AvgIpc) is 4.09. The van der Waals surface area contributed by atoms with Crippen molar-refractivity contribution in [3.63, 3.8) is 0 Å². The molecule has 0 N–H and O–H groups in total. The lowest BCUT2D eigenvalue weighted by Crippen LogP contribution is -2.75. The lowest BCUT2D eigenvalue weighted by atomic mass is 9.41. The lowest BCUT2D eigenvalue weighted by Gasteiger charge is -2.66. The summed E-state index contributed by atoms with van der Waals surface area (Å²) in [5.41, 5.74) is -5.50. The highest BCUT2D eigenvalue weighted by Gasteiger charge is 2.83. The Hall–Kier alpha value is -3.50. The van der Waals surface area contributed by atoms with E-state index >= 15 is 0 Å². The minimum Gasteiger partial charge on any atom is -0.465 e. The van der Waals surface area contributed by atoms with Gasteiger partial charge in [0.2, 0.25) is 0 Å². The number of fused-ring (bicyclic) bond motifs is 6. The zero-order chi connectivity index (χ0) is 52.4. The van der Waals surface area contributed by atoms with Gasteiger partial charge in [-0.3, -0.25) is 28.8 Å². The molecule has 0 amide bonds. The molecule has 0 unspecified atom stereocenters. The molecule has 0 radical (unpaired) electrons. The molecule has 6 saturated heterocycles. The van der Waals surface area contributed by atoms with Gasteiger partial charge in [-0.15, -0.1) is 0 Å². The second kappa shape index (κ2) is 18.9. The van der Waals surface area contributed by atoms with Crippen LogP contribution < -0.4 is 0 Å². The van der Waals surface area contributed by atoms with Crippen molar-refractivity contribution >= 4 is 35.8 Å². The van der Waals surface area contributed by atoms with Crippen molar-refractivity contribution < 1.29 is 95.1 Å². The Kier molecular flexibility index (Phi) is 13.7. The van der Waals surface area contributed by atoms with Crippen molar-refractivity contribution in [2.45, 2.75) is 206 Å². The Balaban J connectivity index is 0.833. The molecule has 20 heteroatoms. The summed E-state index contributed by atoms with van der Waals surface area (Å²) in [5, 5.41) is 0. The number of epoxide rings is 2. The molecule has 4 aliphatic carbocycles. The zero-order valence-electron chi connectivity index (χ0n) is 44.2. The second-order valence-corrected chi connectivity index (χ2v) is 23.7. The van der Waals surface area contributed by atoms with Crippen LogP contribution in [0.1, 0.15) is 127 Å². The molecule has 10 rings (SSSR count). The number of carbonyl (C=O) groups excluding carboxylic acids is 6. The minimum absolute atomic E-state index is 0.00171. The zero-order valence-corrected chi connectivity index (χ0v) is 44.2. The normalized spacial score (nSPS) is 49.9. The van der Waals surface area contributed by atoms with E-state index in [2.05, 4.69) is 27.7 Å². The Morgan fingerprint density at radius 3 is 1.41 bits per heavy atom. The maximum atomic E-state index is 12.9.